The van der Waals surface area contributed by atoms with Gasteiger partial charge in [0.05, 0.1) is 10.5 Å². The molecule has 2 N–H and O–H groups in total. The molecule has 0 saturated heterocycles. The number of benzene rings is 1. The van der Waals surface area contributed by atoms with E-state index in [0.29, 0.717) is 6.54 Å². The van der Waals surface area contributed by atoms with Crippen molar-refractivity contribution in [2.45, 2.75) is 26.2 Å². The van der Waals surface area contributed by atoms with Crippen LogP contribution < -0.4 is 5.32 Å². The largest absolute Gasteiger partial charge is 0.478 e. The molecule has 0 aromatic heterocycles. The van der Waals surface area contributed by atoms with E-state index in [1.165, 1.54) is 0 Å². The minimum atomic E-state index is -1.31. The highest BCUT2D eigenvalue weighted by molar-refractivity contribution is 5.98. The van der Waals surface area contributed by atoms with E-state index < -0.39 is 22.5 Å². The Morgan fingerprint density at radius 3 is 2.43 bits per heavy atom. The summed E-state index contributed by atoms with van der Waals surface area (Å²) in [6.45, 7) is 2.55. The van der Waals surface area contributed by atoms with Crippen molar-refractivity contribution >= 4 is 17.6 Å². The quantitative estimate of drug-likeness (QED) is 0.638. The van der Waals surface area contributed by atoms with Crippen molar-refractivity contribution in [2.75, 3.05) is 6.54 Å². The summed E-state index contributed by atoms with van der Waals surface area (Å²) in [6.07, 6.45) is 3.19. The Morgan fingerprint density at radius 2 is 1.95 bits per heavy atom. The number of hydrogen-bond acceptors (Lipinski definition) is 4. The maximum absolute atomic E-state index is 12.1. The SMILES string of the molecule is CC1(CNC(=O)c2cc(C(=O)O)cc([N+](=O)[O-])c2)CCC1. The molecule has 1 aliphatic carbocycles. The number of carboxylic acids is 1. The van der Waals surface area contributed by atoms with Gasteiger partial charge < -0.3 is 10.4 Å². The number of carbonyl (C=O) groups is 2. The number of aromatic carboxylic acids is 1. The standard InChI is InChI=1S/C14H16N2O5/c1-14(3-2-4-14)8-15-12(17)9-5-10(13(18)19)7-11(6-9)16(20)21/h5-7H,2-4,8H2,1H3,(H,15,17)(H,18,19). The predicted molar refractivity (Wildman–Crippen MR) is 74.3 cm³/mol. The minimum absolute atomic E-state index is 0.00970. The van der Waals surface area contributed by atoms with E-state index in [2.05, 4.69) is 12.2 Å². The molecule has 0 spiro atoms. The number of non-ortho nitro benzene ring substituents is 1. The van der Waals surface area contributed by atoms with Crippen LogP contribution in [0.25, 0.3) is 0 Å². The molecular formula is C14H16N2O5. The van der Waals surface area contributed by atoms with E-state index in [4.69, 9.17) is 5.11 Å². The van der Waals surface area contributed by atoms with Crippen molar-refractivity contribution in [3.8, 4) is 0 Å². The molecule has 1 aliphatic rings. The number of nitro benzene ring substituents is 1. The molecular weight excluding hydrogens is 276 g/mol. The number of nitrogens with one attached hydrogen (secondary N) is 1. The molecule has 1 saturated carbocycles. The Bertz CT molecular complexity index is 575. The van der Waals surface area contributed by atoms with E-state index >= 15 is 0 Å². The fourth-order valence-corrected chi connectivity index (χ4v) is 2.32. The summed E-state index contributed by atoms with van der Waals surface area (Å²) in [5.74, 6) is -1.80. The van der Waals surface area contributed by atoms with Gasteiger partial charge in [-0.25, -0.2) is 4.79 Å². The Morgan fingerprint density at radius 1 is 1.33 bits per heavy atom. The lowest BCUT2D eigenvalue weighted by atomic mass is 9.70. The number of hydrogen-bond donors (Lipinski definition) is 2. The molecule has 21 heavy (non-hydrogen) atoms. The molecule has 0 unspecified atom stereocenters. The van der Waals surface area contributed by atoms with Crippen molar-refractivity contribution in [1.82, 2.24) is 5.32 Å². The lowest BCUT2D eigenvalue weighted by Crippen LogP contribution is -2.40. The summed E-state index contributed by atoms with van der Waals surface area (Å²) in [7, 11) is 0. The third-order valence-electron chi connectivity index (χ3n) is 3.87. The molecule has 1 aromatic rings. The number of nitro groups is 1. The summed E-state index contributed by atoms with van der Waals surface area (Å²) >= 11 is 0. The number of carbonyl (C=O) groups excluding carboxylic acids is 1. The molecule has 0 radical (unpaired) electrons. The lowest BCUT2D eigenvalue weighted by Gasteiger charge is -2.38. The average Bonchev–Trinajstić information content (AvgIpc) is 2.42. The highest BCUT2D eigenvalue weighted by Crippen LogP contribution is 2.39. The van der Waals surface area contributed by atoms with Crippen LogP contribution in [0.5, 0.6) is 0 Å². The maximum atomic E-state index is 12.1. The smallest absolute Gasteiger partial charge is 0.335 e. The van der Waals surface area contributed by atoms with E-state index in [1.54, 1.807) is 0 Å². The van der Waals surface area contributed by atoms with Gasteiger partial charge in [-0.3, -0.25) is 14.9 Å². The summed E-state index contributed by atoms with van der Waals surface area (Å²) in [4.78, 5) is 33.1. The van der Waals surface area contributed by atoms with Crippen molar-refractivity contribution in [1.29, 1.82) is 0 Å². The first-order valence-electron chi connectivity index (χ1n) is 6.62. The first kappa shape index (κ1) is 15.0. The first-order chi connectivity index (χ1) is 9.81. The molecule has 1 aromatic carbocycles. The van der Waals surface area contributed by atoms with E-state index in [0.717, 1.165) is 37.5 Å². The number of carboxylic acid groups (broad SMARTS) is 1. The second-order valence-corrected chi connectivity index (χ2v) is 5.68. The molecule has 0 bridgehead atoms. The number of rotatable bonds is 5. The van der Waals surface area contributed by atoms with E-state index in [-0.39, 0.29) is 16.5 Å². The van der Waals surface area contributed by atoms with Gasteiger partial charge in [-0.2, -0.15) is 0 Å². The Labute approximate surface area is 121 Å². The maximum Gasteiger partial charge on any atom is 0.335 e. The van der Waals surface area contributed by atoms with Crippen LogP contribution in [0, 0.1) is 15.5 Å². The zero-order chi connectivity index (χ0) is 15.6. The summed E-state index contributed by atoms with van der Waals surface area (Å²) in [6, 6.07) is 3.17. The van der Waals surface area contributed by atoms with Gasteiger partial charge in [0.1, 0.15) is 0 Å². The van der Waals surface area contributed by atoms with Crippen molar-refractivity contribution in [2.24, 2.45) is 5.41 Å². The van der Waals surface area contributed by atoms with Crippen LogP contribution in [0.4, 0.5) is 5.69 Å². The molecule has 1 amide bonds. The molecule has 7 heteroatoms. The molecule has 7 nitrogen and oxygen atoms in total. The second kappa shape index (κ2) is 5.51. The zero-order valence-electron chi connectivity index (χ0n) is 11.6. The van der Waals surface area contributed by atoms with Crippen molar-refractivity contribution in [3.05, 3.63) is 39.4 Å². The molecule has 112 valence electrons. The fourth-order valence-electron chi connectivity index (χ4n) is 2.32. The highest BCUT2D eigenvalue weighted by atomic mass is 16.6. The minimum Gasteiger partial charge on any atom is -0.478 e. The fraction of sp³-hybridized carbons (Fsp3) is 0.429. The van der Waals surface area contributed by atoms with Crippen LogP contribution in [-0.4, -0.2) is 28.5 Å². The molecule has 0 aliphatic heterocycles. The van der Waals surface area contributed by atoms with Crippen molar-refractivity contribution in [3.63, 3.8) is 0 Å². The van der Waals surface area contributed by atoms with E-state index in [9.17, 15) is 19.7 Å². The van der Waals surface area contributed by atoms with E-state index in [1.807, 2.05) is 0 Å². The van der Waals surface area contributed by atoms with Crippen LogP contribution >= 0.6 is 0 Å². The van der Waals surface area contributed by atoms with Crippen molar-refractivity contribution < 1.29 is 19.6 Å². The van der Waals surface area contributed by atoms with Gasteiger partial charge in [0.15, 0.2) is 0 Å². The summed E-state index contributed by atoms with van der Waals surface area (Å²) in [5, 5.41) is 22.5. The van der Waals surface area contributed by atoms with Crippen LogP contribution in [0.2, 0.25) is 0 Å². The topological polar surface area (TPSA) is 110 Å². The highest BCUT2D eigenvalue weighted by Gasteiger charge is 2.32. The summed E-state index contributed by atoms with van der Waals surface area (Å²) in [5.41, 5.74) is -0.616. The van der Waals surface area contributed by atoms with Crippen LogP contribution in [0.15, 0.2) is 18.2 Å². The first-order valence-corrected chi connectivity index (χ1v) is 6.62. The normalized spacial score (nSPS) is 15.9. The Balaban J connectivity index is 2.19. The molecule has 1 fully saturated rings. The zero-order valence-corrected chi connectivity index (χ0v) is 11.6. The Kier molecular flexibility index (Phi) is 3.93. The van der Waals surface area contributed by atoms with Gasteiger partial charge >= 0.3 is 5.97 Å². The van der Waals surface area contributed by atoms with Crippen LogP contribution in [0.1, 0.15) is 46.9 Å². The van der Waals surface area contributed by atoms with Gasteiger partial charge in [-0.15, -0.1) is 0 Å². The number of amides is 1. The molecule has 2 rings (SSSR count). The monoisotopic (exact) mass is 292 g/mol. The predicted octanol–water partition coefficient (Wildman–Crippen LogP) is 2.21. The lowest BCUT2D eigenvalue weighted by molar-refractivity contribution is -0.384. The third kappa shape index (κ3) is 3.36. The van der Waals surface area contributed by atoms with Gasteiger partial charge in [-0.1, -0.05) is 13.3 Å². The number of nitrogens with zero attached hydrogens (tertiary/aromatic N) is 1. The van der Waals surface area contributed by atoms with Gasteiger partial charge in [-0.05, 0) is 24.3 Å². The van der Waals surface area contributed by atoms with Gasteiger partial charge in [0.25, 0.3) is 11.6 Å². The van der Waals surface area contributed by atoms with Crippen LogP contribution in [-0.2, 0) is 0 Å². The summed E-state index contributed by atoms with van der Waals surface area (Å²) < 4.78 is 0. The molecule has 0 heterocycles. The molecule has 0 atom stereocenters. The Hall–Kier alpha value is -2.44. The third-order valence-corrected chi connectivity index (χ3v) is 3.87. The van der Waals surface area contributed by atoms with Gasteiger partial charge in [0.2, 0.25) is 0 Å². The average molecular weight is 292 g/mol. The van der Waals surface area contributed by atoms with Gasteiger partial charge in [0, 0.05) is 24.2 Å². The van der Waals surface area contributed by atoms with Crippen LogP contribution in [0.3, 0.4) is 0 Å². The second-order valence-electron chi connectivity index (χ2n) is 5.68.